The van der Waals surface area contributed by atoms with Crippen LogP contribution in [0.1, 0.15) is 102 Å². The highest BCUT2D eigenvalue weighted by atomic mass is 16.3. The minimum absolute atomic E-state index is 0.105. The van der Waals surface area contributed by atoms with E-state index in [2.05, 4.69) is 32.9 Å². The molecule has 1 aromatic carbocycles. The summed E-state index contributed by atoms with van der Waals surface area (Å²) in [6.45, 7) is 6.82. The van der Waals surface area contributed by atoms with E-state index in [0.717, 1.165) is 37.7 Å². The number of phenolic OH excluding ortho intramolecular Hbond substituents is 1. The van der Waals surface area contributed by atoms with Crippen LogP contribution in [0.5, 0.6) is 5.75 Å². The highest BCUT2D eigenvalue weighted by molar-refractivity contribution is 5.41. The summed E-state index contributed by atoms with van der Waals surface area (Å²) in [5.41, 5.74) is 2.36. The van der Waals surface area contributed by atoms with Crippen LogP contribution in [-0.2, 0) is 5.41 Å². The average Bonchev–Trinajstić information content (AvgIpc) is 2.54. The lowest BCUT2D eigenvalue weighted by Crippen LogP contribution is -2.19. The van der Waals surface area contributed by atoms with Crippen molar-refractivity contribution < 1.29 is 10.2 Å². The zero-order valence-electron chi connectivity index (χ0n) is 15.9. The van der Waals surface area contributed by atoms with Crippen molar-refractivity contribution in [2.45, 2.75) is 102 Å². The van der Waals surface area contributed by atoms with Gasteiger partial charge in [-0.15, -0.1) is 0 Å². The molecule has 136 valence electrons. The Morgan fingerprint density at radius 1 is 1.08 bits per heavy atom. The maximum Gasteiger partial charge on any atom is 0.119 e. The lowest BCUT2D eigenvalue weighted by atomic mass is 9.77. The second-order valence-electron chi connectivity index (χ2n) is 8.34. The Balaban J connectivity index is 1.99. The van der Waals surface area contributed by atoms with Gasteiger partial charge in [-0.2, -0.15) is 0 Å². The average molecular weight is 333 g/mol. The highest BCUT2D eigenvalue weighted by Gasteiger charge is 2.26. The summed E-state index contributed by atoms with van der Waals surface area (Å²) in [5.74, 6) is 0.727. The van der Waals surface area contributed by atoms with Crippen LogP contribution in [0, 0.1) is 0 Å². The summed E-state index contributed by atoms with van der Waals surface area (Å²) < 4.78 is 0. The van der Waals surface area contributed by atoms with Crippen LogP contribution in [0.15, 0.2) is 18.2 Å². The zero-order valence-corrected chi connectivity index (χ0v) is 15.9. The van der Waals surface area contributed by atoms with E-state index in [0.29, 0.717) is 11.7 Å². The Labute approximate surface area is 148 Å². The van der Waals surface area contributed by atoms with Crippen molar-refractivity contribution in [3.8, 4) is 5.75 Å². The van der Waals surface area contributed by atoms with Crippen molar-refractivity contribution in [3.05, 3.63) is 29.3 Å². The number of rotatable bonds is 8. The molecule has 0 unspecified atom stereocenters. The number of benzene rings is 1. The third-order valence-corrected chi connectivity index (χ3v) is 5.80. The first kappa shape index (κ1) is 19.3. The molecule has 0 aromatic heterocycles. The number of aromatic hydroxyl groups is 1. The molecule has 1 aliphatic carbocycles. The Kier molecular flexibility index (Phi) is 7.16. The van der Waals surface area contributed by atoms with Gasteiger partial charge in [-0.05, 0) is 54.2 Å². The van der Waals surface area contributed by atoms with E-state index in [1.807, 2.05) is 6.07 Å². The summed E-state index contributed by atoms with van der Waals surface area (Å²) >= 11 is 0. The van der Waals surface area contributed by atoms with Crippen LogP contribution >= 0.6 is 0 Å². The molecule has 0 radical (unpaired) electrons. The van der Waals surface area contributed by atoms with E-state index in [-0.39, 0.29) is 11.5 Å². The van der Waals surface area contributed by atoms with Gasteiger partial charge in [0.25, 0.3) is 0 Å². The maximum atomic E-state index is 10.6. The minimum atomic E-state index is -0.206. The predicted octanol–water partition coefficient (Wildman–Crippen LogP) is 6.05. The van der Waals surface area contributed by atoms with E-state index in [9.17, 15) is 10.2 Å². The van der Waals surface area contributed by atoms with Gasteiger partial charge in [0.15, 0.2) is 0 Å². The molecule has 0 bridgehead atoms. The Morgan fingerprint density at radius 3 is 2.50 bits per heavy atom. The quantitative estimate of drug-likeness (QED) is 0.569. The van der Waals surface area contributed by atoms with Crippen LogP contribution in [0.2, 0.25) is 0 Å². The number of hydrogen-bond donors (Lipinski definition) is 2. The molecule has 1 saturated carbocycles. The first-order valence-corrected chi connectivity index (χ1v) is 9.95. The molecule has 0 spiro atoms. The number of phenols is 1. The van der Waals surface area contributed by atoms with E-state index < -0.39 is 0 Å². The van der Waals surface area contributed by atoms with Crippen LogP contribution < -0.4 is 0 Å². The van der Waals surface area contributed by atoms with E-state index in [4.69, 9.17) is 0 Å². The molecule has 1 aliphatic rings. The van der Waals surface area contributed by atoms with Gasteiger partial charge < -0.3 is 10.2 Å². The van der Waals surface area contributed by atoms with Gasteiger partial charge in [0.1, 0.15) is 5.75 Å². The lowest BCUT2D eigenvalue weighted by molar-refractivity contribution is 0.119. The lowest BCUT2D eigenvalue weighted by Gasteiger charge is -2.29. The number of aliphatic hydroxyl groups excluding tert-OH is 1. The van der Waals surface area contributed by atoms with Crippen molar-refractivity contribution in [2.75, 3.05) is 0 Å². The van der Waals surface area contributed by atoms with Gasteiger partial charge in [0, 0.05) is 0 Å². The van der Waals surface area contributed by atoms with Crippen LogP contribution in [0.4, 0.5) is 0 Å². The molecule has 2 N–H and O–H groups in total. The first-order valence-electron chi connectivity index (χ1n) is 9.95. The van der Waals surface area contributed by atoms with Gasteiger partial charge in [-0.25, -0.2) is 0 Å². The standard InChI is InChI=1S/C22H36O2/c1-4-5-6-7-8-14-22(2,3)18-12-13-20(21(24)16-18)17-10-9-11-19(23)15-17/h12-13,16-17,19,23-24H,4-11,14-15H2,1-3H3/t17-,19+/m0/s1. The molecule has 2 heteroatoms. The van der Waals surface area contributed by atoms with Crippen molar-refractivity contribution >= 4 is 0 Å². The molecule has 1 aromatic rings. The smallest absolute Gasteiger partial charge is 0.119 e. The van der Waals surface area contributed by atoms with E-state index >= 15 is 0 Å². The largest absolute Gasteiger partial charge is 0.508 e. The highest BCUT2D eigenvalue weighted by Crippen LogP contribution is 2.40. The third kappa shape index (κ3) is 5.24. The molecule has 2 nitrogen and oxygen atoms in total. The second-order valence-corrected chi connectivity index (χ2v) is 8.34. The summed E-state index contributed by atoms with van der Waals surface area (Å²) in [6.07, 6.45) is 11.3. The van der Waals surface area contributed by atoms with E-state index in [1.54, 1.807) is 0 Å². The Bertz CT molecular complexity index is 507. The van der Waals surface area contributed by atoms with E-state index in [1.165, 1.54) is 37.7 Å². The molecule has 2 rings (SSSR count). The van der Waals surface area contributed by atoms with Gasteiger partial charge >= 0.3 is 0 Å². The molecule has 24 heavy (non-hydrogen) atoms. The number of aliphatic hydroxyl groups is 1. The van der Waals surface area contributed by atoms with Gasteiger partial charge in [-0.1, -0.05) is 71.4 Å². The molecule has 0 saturated heterocycles. The number of hydrogen-bond acceptors (Lipinski definition) is 2. The van der Waals surface area contributed by atoms with Crippen LogP contribution in [0.3, 0.4) is 0 Å². The number of unbranched alkanes of at least 4 members (excludes halogenated alkanes) is 4. The molecule has 0 amide bonds. The fourth-order valence-electron chi connectivity index (χ4n) is 4.07. The summed E-state index contributed by atoms with van der Waals surface area (Å²) in [6, 6.07) is 6.27. The summed E-state index contributed by atoms with van der Waals surface area (Å²) in [4.78, 5) is 0. The third-order valence-electron chi connectivity index (χ3n) is 5.80. The predicted molar refractivity (Wildman–Crippen MR) is 102 cm³/mol. The fourth-order valence-corrected chi connectivity index (χ4v) is 4.07. The normalized spacial score (nSPS) is 21.8. The Hall–Kier alpha value is -1.02. The Morgan fingerprint density at radius 2 is 1.83 bits per heavy atom. The molecular formula is C22H36O2. The zero-order chi connectivity index (χ0) is 17.6. The molecule has 2 atom stereocenters. The van der Waals surface area contributed by atoms with Crippen molar-refractivity contribution in [1.29, 1.82) is 0 Å². The molecule has 1 fully saturated rings. The van der Waals surface area contributed by atoms with Gasteiger partial charge in [-0.3, -0.25) is 0 Å². The van der Waals surface area contributed by atoms with Gasteiger partial charge in [0.2, 0.25) is 0 Å². The first-order chi connectivity index (χ1) is 11.4. The summed E-state index contributed by atoms with van der Waals surface area (Å²) in [7, 11) is 0. The topological polar surface area (TPSA) is 40.5 Å². The molecule has 0 heterocycles. The fraction of sp³-hybridized carbons (Fsp3) is 0.727. The van der Waals surface area contributed by atoms with Crippen LogP contribution in [0.25, 0.3) is 0 Å². The maximum absolute atomic E-state index is 10.6. The van der Waals surface area contributed by atoms with Gasteiger partial charge in [0.05, 0.1) is 6.10 Å². The molecule has 0 aliphatic heterocycles. The molecular weight excluding hydrogens is 296 g/mol. The monoisotopic (exact) mass is 332 g/mol. The summed E-state index contributed by atoms with van der Waals surface area (Å²) in [5, 5.41) is 20.4. The SMILES string of the molecule is CCCCCCCC(C)(C)c1ccc([C@H]2CCC[C@@H](O)C2)c(O)c1. The van der Waals surface area contributed by atoms with Crippen molar-refractivity contribution in [3.63, 3.8) is 0 Å². The second kappa shape index (κ2) is 8.89. The van der Waals surface area contributed by atoms with Crippen LogP contribution in [-0.4, -0.2) is 16.3 Å². The van der Waals surface area contributed by atoms with Crippen molar-refractivity contribution in [2.24, 2.45) is 0 Å². The minimum Gasteiger partial charge on any atom is -0.508 e. The van der Waals surface area contributed by atoms with Crippen molar-refractivity contribution in [1.82, 2.24) is 0 Å².